The Morgan fingerprint density at radius 1 is 1.11 bits per heavy atom. The van der Waals surface area contributed by atoms with Gasteiger partial charge in [0, 0.05) is 19.5 Å². The third-order valence-electron chi connectivity index (χ3n) is 3.20. The Kier molecular flexibility index (Phi) is 7.93. The zero-order valence-electron chi connectivity index (χ0n) is 12.3. The highest BCUT2D eigenvalue weighted by Crippen LogP contribution is 2.07. The topological polar surface area (TPSA) is 27.0 Å². The molecule has 0 atom stereocenters. The van der Waals surface area contributed by atoms with Gasteiger partial charge in [-0.15, -0.1) is 0 Å². The molecular formula is C17H26N2. The Morgan fingerprint density at radius 2 is 1.84 bits per heavy atom. The number of unbranched alkanes of at least 4 members (excludes halogenated alkanes) is 1. The Balaban J connectivity index is 2.22. The van der Waals surface area contributed by atoms with Crippen molar-refractivity contribution in [3.05, 3.63) is 35.9 Å². The number of benzene rings is 1. The van der Waals surface area contributed by atoms with Crippen LogP contribution in [0.1, 0.15) is 38.7 Å². The third-order valence-corrected chi connectivity index (χ3v) is 3.20. The smallest absolute Gasteiger partial charge is 0.0635 e. The number of nitrogens with zero attached hydrogens (tertiary/aromatic N) is 2. The van der Waals surface area contributed by atoms with Gasteiger partial charge < -0.3 is 4.90 Å². The van der Waals surface area contributed by atoms with Crippen LogP contribution in [0.2, 0.25) is 0 Å². The van der Waals surface area contributed by atoms with Gasteiger partial charge in [-0.3, -0.25) is 0 Å². The van der Waals surface area contributed by atoms with Crippen LogP contribution in [0, 0.1) is 17.2 Å². The molecule has 0 aromatic heterocycles. The van der Waals surface area contributed by atoms with E-state index < -0.39 is 0 Å². The predicted octanol–water partition coefficient (Wildman–Crippen LogP) is 3.88. The van der Waals surface area contributed by atoms with E-state index in [0.29, 0.717) is 12.3 Å². The number of nitriles is 1. The van der Waals surface area contributed by atoms with Gasteiger partial charge in [-0.05, 0) is 37.3 Å². The molecule has 0 fully saturated rings. The molecule has 0 unspecified atom stereocenters. The Bertz CT molecular complexity index is 365. The van der Waals surface area contributed by atoms with Crippen LogP contribution in [0.25, 0.3) is 0 Å². The van der Waals surface area contributed by atoms with Crippen molar-refractivity contribution in [1.82, 2.24) is 4.90 Å². The number of aryl methyl sites for hydroxylation is 1. The predicted molar refractivity (Wildman–Crippen MR) is 80.9 cm³/mol. The van der Waals surface area contributed by atoms with E-state index in [1.807, 2.05) is 0 Å². The lowest BCUT2D eigenvalue weighted by Gasteiger charge is -2.23. The van der Waals surface area contributed by atoms with Crippen LogP contribution in [0.4, 0.5) is 0 Å². The first kappa shape index (κ1) is 15.7. The lowest BCUT2D eigenvalue weighted by atomic mass is 10.1. The summed E-state index contributed by atoms with van der Waals surface area (Å²) in [5, 5.41) is 8.69. The summed E-state index contributed by atoms with van der Waals surface area (Å²) in [6, 6.07) is 12.9. The summed E-state index contributed by atoms with van der Waals surface area (Å²) in [6.45, 7) is 7.62. The molecule has 0 amide bonds. The van der Waals surface area contributed by atoms with Gasteiger partial charge in [-0.25, -0.2) is 0 Å². The van der Waals surface area contributed by atoms with Crippen molar-refractivity contribution in [1.29, 1.82) is 5.26 Å². The van der Waals surface area contributed by atoms with Gasteiger partial charge in [-0.2, -0.15) is 5.26 Å². The van der Waals surface area contributed by atoms with Crippen molar-refractivity contribution in [3.63, 3.8) is 0 Å². The Morgan fingerprint density at radius 3 is 2.47 bits per heavy atom. The fourth-order valence-corrected chi connectivity index (χ4v) is 2.33. The molecule has 0 radical (unpaired) electrons. The molecule has 0 aliphatic carbocycles. The highest BCUT2D eigenvalue weighted by molar-refractivity contribution is 5.14. The molecule has 0 saturated carbocycles. The van der Waals surface area contributed by atoms with Crippen LogP contribution in [0.5, 0.6) is 0 Å². The molecule has 0 aliphatic rings. The largest absolute Gasteiger partial charge is 0.302 e. The number of rotatable bonds is 9. The molecule has 2 heteroatoms. The van der Waals surface area contributed by atoms with Crippen LogP contribution in [0.3, 0.4) is 0 Å². The maximum atomic E-state index is 8.69. The number of hydrogen-bond donors (Lipinski definition) is 0. The lowest BCUT2D eigenvalue weighted by Crippen LogP contribution is -2.29. The van der Waals surface area contributed by atoms with Crippen LogP contribution < -0.4 is 0 Å². The minimum absolute atomic E-state index is 0.644. The van der Waals surface area contributed by atoms with E-state index >= 15 is 0 Å². The molecule has 1 rings (SSSR count). The average molecular weight is 258 g/mol. The van der Waals surface area contributed by atoms with Crippen LogP contribution in [-0.2, 0) is 6.42 Å². The van der Waals surface area contributed by atoms with Crippen molar-refractivity contribution >= 4 is 0 Å². The molecular weight excluding hydrogens is 232 g/mol. The summed E-state index contributed by atoms with van der Waals surface area (Å²) in [5.74, 6) is 0.674. The van der Waals surface area contributed by atoms with Crippen LogP contribution >= 0.6 is 0 Å². The van der Waals surface area contributed by atoms with E-state index in [2.05, 4.69) is 55.1 Å². The quantitative estimate of drug-likeness (QED) is 0.628. The minimum atomic E-state index is 0.644. The molecule has 0 N–H and O–H groups in total. The van der Waals surface area contributed by atoms with Crippen molar-refractivity contribution in [3.8, 4) is 6.07 Å². The lowest BCUT2D eigenvalue weighted by molar-refractivity contribution is 0.244. The van der Waals surface area contributed by atoms with Crippen molar-refractivity contribution < 1.29 is 0 Å². The van der Waals surface area contributed by atoms with E-state index in [1.165, 1.54) is 18.4 Å². The summed E-state index contributed by atoms with van der Waals surface area (Å²) >= 11 is 0. The molecule has 104 valence electrons. The fraction of sp³-hybridized carbons (Fsp3) is 0.588. The fourth-order valence-electron chi connectivity index (χ4n) is 2.33. The standard InChI is InChI=1S/C17H26N2/c1-16(2)15-19(14-8-12-18)13-7-6-11-17-9-4-3-5-10-17/h3-5,9-10,16H,6-8,11,13-15H2,1-2H3. The Hall–Kier alpha value is -1.33. The first-order valence-corrected chi connectivity index (χ1v) is 7.35. The minimum Gasteiger partial charge on any atom is -0.302 e. The van der Waals surface area contributed by atoms with E-state index in [4.69, 9.17) is 5.26 Å². The van der Waals surface area contributed by atoms with Gasteiger partial charge >= 0.3 is 0 Å². The highest BCUT2D eigenvalue weighted by atomic mass is 15.1. The van der Waals surface area contributed by atoms with Crippen molar-refractivity contribution in [2.24, 2.45) is 5.92 Å². The van der Waals surface area contributed by atoms with E-state index in [9.17, 15) is 0 Å². The van der Waals surface area contributed by atoms with Gasteiger partial charge in [0.1, 0.15) is 0 Å². The van der Waals surface area contributed by atoms with Gasteiger partial charge in [-0.1, -0.05) is 44.2 Å². The molecule has 0 aliphatic heterocycles. The monoisotopic (exact) mass is 258 g/mol. The summed E-state index contributed by atoms with van der Waals surface area (Å²) < 4.78 is 0. The second kappa shape index (κ2) is 9.58. The number of hydrogen-bond acceptors (Lipinski definition) is 2. The maximum absolute atomic E-state index is 8.69. The zero-order valence-corrected chi connectivity index (χ0v) is 12.3. The summed E-state index contributed by atoms with van der Waals surface area (Å²) in [6.07, 6.45) is 4.25. The van der Waals surface area contributed by atoms with Gasteiger partial charge in [0.15, 0.2) is 0 Å². The summed E-state index contributed by atoms with van der Waals surface area (Å²) in [7, 11) is 0. The van der Waals surface area contributed by atoms with E-state index in [-0.39, 0.29) is 0 Å². The van der Waals surface area contributed by atoms with Crippen LogP contribution in [0.15, 0.2) is 30.3 Å². The summed E-state index contributed by atoms with van der Waals surface area (Å²) in [5.41, 5.74) is 1.43. The third kappa shape index (κ3) is 7.64. The molecule has 0 bridgehead atoms. The van der Waals surface area contributed by atoms with Gasteiger partial charge in [0.25, 0.3) is 0 Å². The maximum Gasteiger partial charge on any atom is 0.0635 e. The normalized spacial score (nSPS) is 10.9. The second-order valence-electron chi connectivity index (χ2n) is 5.55. The highest BCUT2D eigenvalue weighted by Gasteiger charge is 2.06. The second-order valence-corrected chi connectivity index (χ2v) is 5.55. The van der Waals surface area contributed by atoms with Crippen molar-refractivity contribution in [2.45, 2.75) is 39.5 Å². The molecule has 19 heavy (non-hydrogen) atoms. The van der Waals surface area contributed by atoms with E-state index in [0.717, 1.165) is 26.1 Å². The molecule has 2 nitrogen and oxygen atoms in total. The van der Waals surface area contributed by atoms with Gasteiger partial charge in [0.05, 0.1) is 6.07 Å². The SMILES string of the molecule is CC(C)CN(CCC#N)CCCCc1ccccc1. The average Bonchev–Trinajstić information content (AvgIpc) is 2.41. The van der Waals surface area contributed by atoms with Crippen LogP contribution in [-0.4, -0.2) is 24.5 Å². The Labute approximate surface area is 118 Å². The first-order chi connectivity index (χ1) is 9.22. The molecule has 0 heterocycles. The molecule has 1 aromatic rings. The zero-order chi connectivity index (χ0) is 13.9. The van der Waals surface area contributed by atoms with Gasteiger partial charge in [0.2, 0.25) is 0 Å². The van der Waals surface area contributed by atoms with Crippen molar-refractivity contribution in [2.75, 3.05) is 19.6 Å². The first-order valence-electron chi connectivity index (χ1n) is 7.35. The molecule has 0 saturated heterocycles. The molecule has 1 aromatic carbocycles. The van der Waals surface area contributed by atoms with E-state index in [1.54, 1.807) is 0 Å². The summed E-state index contributed by atoms with van der Waals surface area (Å²) in [4.78, 5) is 2.43. The molecule has 0 spiro atoms.